The molecule has 2 rings (SSSR count). The van der Waals surface area contributed by atoms with Gasteiger partial charge in [0.2, 0.25) is 0 Å². The molecule has 0 radical (unpaired) electrons. The summed E-state index contributed by atoms with van der Waals surface area (Å²) < 4.78 is 0. The molecule has 19 heavy (non-hydrogen) atoms. The summed E-state index contributed by atoms with van der Waals surface area (Å²) in [6.45, 7) is 0. The third-order valence-corrected chi connectivity index (χ3v) is 2.73. The van der Waals surface area contributed by atoms with Crippen LogP contribution < -0.4 is 0 Å². The highest BCUT2D eigenvalue weighted by Gasteiger charge is 2.06. The average Bonchev–Trinajstić information content (AvgIpc) is 2.46. The van der Waals surface area contributed by atoms with Crippen LogP contribution in [0.15, 0.2) is 42.5 Å². The standard InChI is InChI=1S/C15H8N2O2/c16-8-13-6-5-12(7-14(13)9-17)10-1-3-11(4-2-10)15(18)19/h1-7H,(H,18,19). The molecule has 0 bridgehead atoms. The first kappa shape index (κ1) is 12.3. The van der Waals surface area contributed by atoms with Gasteiger partial charge in [-0.3, -0.25) is 0 Å². The van der Waals surface area contributed by atoms with E-state index < -0.39 is 5.97 Å². The van der Waals surface area contributed by atoms with Crippen LogP contribution in [-0.2, 0) is 0 Å². The van der Waals surface area contributed by atoms with Crippen molar-refractivity contribution in [2.24, 2.45) is 0 Å². The number of carboxylic acids is 1. The van der Waals surface area contributed by atoms with Crippen LogP contribution in [0.1, 0.15) is 21.5 Å². The van der Waals surface area contributed by atoms with E-state index in [4.69, 9.17) is 15.6 Å². The number of carbonyl (C=O) groups is 1. The van der Waals surface area contributed by atoms with E-state index in [9.17, 15) is 4.79 Å². The van der Waals surface area contributed by atoms with Crippen molar-refractivity contribution < 1.29 is 9.90 Å². The molecule has 0 aromatic heterocycles. The van der Waals surface area contributed by atoms with Gasteiger partial charge in [0.25, 0.3) is 0 Å². The lowest BCUT2D eigenvalue weighted by molar-refractivity contribution is 0.0697. The zero-order valence-electron chi connectivity index (χ0n) is 9.79. The number of nitriles is 2. The number of carboxylic acid groups (broad SMARTS) is 1. The zero-order chi connectivity index (χ0) is 13.8. The molecule has 90 valence electrons. The Hall–Kier alpha value is -3.11. The molecule has 0 amide bonds. The molecule has 4 heteroatoms. The van der Waals surface area contributed by atoms with Gasteiger partial charge in [-0.2, -0.15) is 10.5 Å². The third-order valence-electron chi connectivity index (χ3n) is 2.73. The van der Waals surface area contributed by atoms with E-state index in [1.807, 2.05) is 12.1 Å². The van der Waals surface area contributed by atoms with E-state index in [2.05, 4.69) is 0 Å². The zero-order valence-corrected chi connectivity index (χ0v) is 9.79. The number of aromatic carboxylic acids is 1. The molecule has 0 aliphatic rings. The van der Waals surface area contributed by atoms with Gasteiger partial charge in [0.1, 0.15) is 12.1 Å². The van der Waals surface area contributed by atoms with Crippen molar-refractivity contribution in [2.45, 2.75) is 0 Å². The van der Waals surface area contributed by atoms with Gasteiger partial charge in [-0.25, -0.2) is 4.79 Å². The molecular formula is C15H8N2O2. The first-order valence-electron chi connectivity index (χ1n) is 5.43. The van der Waals surface area contributed by atoms with E-state index in [1.165, 1.54) is 12.1 Å². The van der Waals surface area contributed by atoms with Crippen molar-refractivity contribution in [3.63, 3.8) is 0 Å². The summed E-state index contributed by atoms with van der Waals surface area (Å²) in [4.78, 5) is 10.8. The van der Waals surface area contributed by atoms with Gasteiger partial charge in [-0.1, -0.05) is 18.2 Å². The Morgan fingerprint density at radius 1 is 0.895 bits per heavy atom. The summed E-state index contributed by atoms with van der Waals surface area (Å²) in [6.07, 6.45) is 0. The number of hydrogen-bond donors (Lipinski definition) is 1. The number of nitrogens with zero attached hydrogens (tertiary/aromatic N) is 2. The summed E-state index contributed by atoms with van der Waals surface area (Å²) >= 11 is 0. The minimum atomic E-state index is -0.982. The largest absolute Gasteiger partial charge is 0.478 e. The van der Waals surface area contributed by atoms with Gasteiger partial charge in [-0.05, 0) is 35.4 Å². The lowest BCUT2D eigenvalue weighted by Gasteiger charge is -2.03. The van der Waals surface area contributed by atoms with Gasteiger partial charge < -0.3 is 5.11 Å². The van der Waals surface area contributed by atoms with E-state index >= 15 is 0 Å². The summed E-state index contributed by atoms with van der Waals surface area (Å²) in [5.74, 6) is -0.982. The summed E-state index contributed by atoms with van der Waals surface area (Å²) in [6, 6.07) is 15.2. The van der Waals surface area contributed by atoms with Crippen molar-refractivity contribution >= 4 is 5.97 Å². The molecule has 4 nitrogen and oxygen atoms in total. The van der Waals surface area contributed by atoms with Crippen LogP contribution in [0.5, 0.6) is 0 Å². The maximum absolute atomic E-state index is 10.8. The number of rotatable bonds is 2. The molecule has 0 atom stereocenters. The van der Waals surface area contributed by atoms with Crippen LogP contribution in [0.3, 0.4) is 0 Å². The van der Waals surface area contributed by atoms with Gasteiger partial charge in [0.15, 0.2) is 0 Å². The highest BCUT2D eigenvalue weighted by Crippen LogP contribution is 2.22. The van der Waals surface area contributed by atoms with E-state index in [1.54, 1.807) is 30.3 Å². The van der Waals surface area contributed by atoms with Crippen LogP contribution in [-0.4, -0.2) is 11.1 Å². The SMILES string of the molecule is N#Cc1ccc(-c2ccc(C(=O)O)cc2)cc1C#N. The monoisotopic (exact) mass is 248 g/mol. The van der Waals surface area contributed by atoms with Gasteiger partial charge in [0.05, 0.1) is 16.7 Å². The molecule has 2 aromatic rings. The molecular weight excluding hydrogens is 240 g/mol. The van der Waals surface area contributed by atoms with E-state index in [0.717, 1.165) is 11.1 Å². The van der Waals surface area contributed by atoms with E-state index in [0.29, 0.717) is 11.1 Å². The van der Waals surface area contributed by atoms with Crippen molar-refractivity contribution in [1.82, 2.24) is 0 Å². The smallest absolute Gasteiger partial charge is 0.335 e. The minimum absolute atomic E-state index is 0.206. The second-order valence-corrected chi connectivity index (χ2v) is 3.87. The normalized spacial score (nSPS) is 9.37. The molecule has 0 aliphatic heterocycles. The fraction of sp³-hybridized carbons (Fsp3) is 0. The molecule has 0 unspecified atom stereocenters. The molecule has 0 saturated carbocycles. The van der Waals surface area contributed by atoms with Gasteiger partial charge in [0, 0.05) is 0 Å². The fourth-order valence-corrected chi connectivity index (χ4v) is 1.72. The maximum Gasteiger partial charge on any atom is 0.335 e. The summed E-state index contributed by atoms with van der Waals surface area (Å²) in [5.41, 5.74) is 2.41. The molecule has 0 spiro atoms. The number of benzene rings is 2. The predicted molar refractivity (Wildman–Crippen MR) is 68.3 cm³/mol. The van der Waals surface area contributed by atoms with Crippen LogP contribution in [0.4, 0.5) is 0 Å². The van der Waals surface area contributed by atoms with Gasteiger partial charge in [-0.15, -0.1) is 0 Å². The van der Waals surface area contributed by atoms with Crippen LogP contribution in [0.25, 0.3) is 11.1 Å². The summed E-state index contributed by atoms with van der Waals surface area (Å²) in [7, 11) is 0. The van der Waals surface area contributed by atoms with Crippen LogP contribution in [0.2, 0.25) is 0 Å². The van der Waals surface area contributed by atoms with Gasteiger partial charge >= 0.3 is 5.97 Å². The van der Waals surface area contributed by atoms with Crippen LogP contribution in [0, 0.1) is 22.7 Å². The van der Waals surface area contributed by atoms with E-state index in [-0.39, 0.29) is 5.56 Å². The highest BCUT2D eigenvalue weighted by molar-refractivity contribution is 5.88. The minimum Gasteiger partial charge on any atom is -0.478 e. The molecule has 1 N–H and O–H groups in total. The summed E-state index contributed by atoms with van der Waals surface area (Å²) in [5, 5.41) is 26.6. The lowest BCUT2D eigenvalue weighted by atomic mass is 9.99. The van der Waals surface area contributed by atoms with Crippen LogP contribution >= 0.6 is 0 Å². The second kappa shape index (κ2) is 5.03. The predicted octanol–water partition coefficient (Wildman–Crippen LogP) is 2.80. The lowest BCUT2D eigenvalue weighted by Crippen LogP contribution is -1.95. The van der Waals surface area contributed by atoms with Crippen molar-refractivity contribution in [1.29, 1.82) is 10.5 Å². The molecule has 0 saturated heterocycles. The maximum atomic E-state index is 10.8. The Morgan fingerprint density at radius 2 is 1.47 bits per heavy atom. The Kier molecular flexibility index (Phi) is 3.27. The molecule has 0 fully saturated rings. The first-order valence-corrected chi connectivity index (χ1v) is 5.43. The van der Waals surface area contributed by atoms with Crippen molar-refractivity contribution in [3.8, 4) is 23.3 Å². The Bertz CT molecular complexity index is 719. The number of hydrogen-bond acceptors (Lipinski definition) is 3. The first-order chi connectivity index (χ1) is 9.15. The third kappa shape index (κ3) is 2.43. The molecule has 0 heterocycles. The molecule has 2 aromatic carbocycles. The second-order valence-electron chi connectivity index (χ2n) is 3.87. The Labute approximate surface area is 109 Å². The Morgan fingerprint density at radius 3 is 2.00 bits per heavy atom. The highest BCUT2D eigenvalue weighted by atomic mass is 16.4. The van der Waals surface area contributed by atoms with Crippen molar-refractivity contribution in [3.05, 3.63) is 59.2 Å². The fourth-order valence-electron chi connectivity index (χ4n) is 1.72. The quantitative estimate of drug-likeness (QED) is 0.885. The topological polar surface area (TPSA) is 84.9 Å². The average molecular weight is 248 g/mol. The molecule has 0 aliphatic carbocycles. The Balaban J connectivity index is 2.46. The van der Waals surface area contributed by atoms with Crippen molar-refractivity contribution in [2.75, 3.05) is 0 Å².